The average Bonchev–Trinajstić information content (AvgIpc) is 2.37. The van der Waals surface area contributed by atoms with E-state index in [0.717, 1.165) is 19.2 Å². The molecule has 0 fully saturated rings. The molecule has 1 aromatic rings. The van der Waals surface area contributed by atoms with Gasteiger partial charge >= 0.3 is 0 Å². The van der Waals surface area contributed by atoms with Gasteiger partial charge in [0, 0.05) is 19.0 Å². The first-order chi connectivity index (χ1) is 10.4. The van der Waals surface area contributed by atoms with E-state index in [2.05, 4.69) is 89.0 Å². The van der Waals surface area contributed by atoms with Crippen LogP contribution < -0.4 is 0 Å². The molecule has 1 aromatic carbocycles. The van der Waals surface area contributed by atoms with E-state index in [1.165, 1.54) is 11.1 Å². The molecule has 0 atom stereocenters. The molecule has 0 bridgehead atoms. The van der Waals surface area contributed by atoms with Crippen LogP contribution in [0.1, 0.15) is 31.9 Å². The highest BCUT2D eigenvalue weighted by molar-refractivity contribution is 6.76. The van der Waals surface area contributed by atoms with Crippen LogP contribution in [-0.2, 0) is 10.8 Å². The van der Waals surface area contributed by atoms with Crippen LogP contribution in [0.4, 0.5) is 0 Å². The van der Waals surface area contributed by atoms with Gasteiger partial charge in [0.2, 0.25) is 0 Å². The second-order valence-corrected chi connectivity index (χ2v) is 19.3. The summed E-state index contributed by atoms with van der Waals surface area (Å²) in [5, 5.41) is 0.269. The third-order valence-corrected chi connectivity index (χ3v) is 10.2. The van der Waals surface area contributed by atoms with Crippen molar-refractivity contribution in [3.63, 3.8) is 0 Å². The Hall–Kier alpha value is -0.716. The molecule has 0 amide bonds. The van der Waals surface area contributed by atoms with Crippen molar-refractivity contribution in [1.29, 1.82) is 0 Å². The number of hydrogen-bond acceptors (Lipinski definition) is 2. The Kier molecular flexibility index (Phi) is 6.99. The SMILES string of the molecule is CC(C)(C)[Si](C)(C)OCCc1ccccc1/C=N/C[Si](C)(C)C. The molecular weight excluding hydrogens is 314 g/mol. The van der Waals surface area contributed by atoms with Crippen molar-refractivity contribution in [2.75, 3.05) is 12.8 Å². The predicted octanol–water partition coefficient (Wildman–Crippen LogP) is 5.55. The average molecular weight is 350 g/mol. The van der Waals surface area contributed by atoms with Crippen LogP contribution >= 0.6 is 0 Å². The molecule has 0 N–H and O–H groups in total. The Bertz CT molecular complexity index is 525. The van der Waals surface area contributed by atoms with Gasteiger partial charge in [-0.3, -0.25) is 4.99 Å². The van der Waals surface area contributed by atoms with Gasteiger partial charge in [0.15, 0.2) is 8.32 Å². The third-order valence-electron chi connectivity index (χ3n) is 4.49. The van der Waals surface area contributed by atoms with E-state index in [1.807, 2.05) is 0 Å². The molecule has 0 radical (unpaired) electrons. The van der Waals surface area contributed by atoms with Crippen LogP contribution in [-0.4, -0.2) is 35.4 Å². The minimum absolute atomic E-state index is 0.269. The molecule has 2 nitrogen and oxygen atoms in total. The summed E-state index contributed by atoms with van der Waals surface area (Å²) in [6.45, 7) is 19.3. The van der Waals surface area contributed by atoms with Gasteiger partial charge in [0.25, 0.3) is 0 Å². The van der Waals surface area contributed by atoms with Gasteiger partial charge < -0.3 is 4.43 Å². The molecule has 0 aromatic heterocycles. The summed E-state index contributed by atoms with van der Waals surface area (Å²) in [6.07, 6.45) is 4.00. The van der Waals surface area contributed by atoms with Crippen molar-refractivity contribution in [2.24, 2.45) is 4.99 Å². The van der Waals surface area contributed by atoms with Gasteiger partial charge in [-0.2, -0.15) is 0 Å². The predicted molar refractivity (Wildman–Crippen MR) is 109 cm³/mol. The highest BCUT2D eigenvalue weighted by Gasteiger charge is 2.36. The minimum Gasteiger partial charge on any atom is -0.416 e. The summed E-state index contributed by atoms with van der Waals surface area (Å²) >= 11 is 0. The first-order valence-electron chi connectivity index (χ1n) is 8.64. The molecule has 0 heterocycles. The molecule has 130 valence electrons. The molecule has 0 aliphatic rings. The van der Waals surface area contributed by atoms with E-state index in [-0.39, 0.29) is 5.04 Å². The van der Waals surface area contributed by atoms with Crippen LogP contribution in [0, 0.1) is 0 Å². The molecular formula is C19H35NOSi2. The zero-order valence-corrected chi connectivity index (χ0v) is 18.4. The highest BCUT2D eigenvalue weighted by Crippen LogP contribution is 2.36. The van der Waals surface area contributed by atoms with Crippen molar-refractivity contribution in [2.45, 2.75) is 65.0 Å². The molecule has 0 unspecified atom stereocenters. The maximum atomic E-state index is 6.31. The van der Waals surface area contributed by atoms with Crippen LogP contribution in [0.15, 0.2) is 29.3 Å². The van der Waals surface area contributed by atoms with Crippen LogP contribution in [0.25, 0.3) is 0 Å². The van der Waals surface area contributed by atoms with Crippen molar-refractivity contribution in [3.8, 4) is 0 Å². The minimum atomic E-state index is -1.65. The van der Waals surface area contributed by atoms with Gasteiger partial charge in [-0.15, -0.1) is 0 Å². The van der Waals surface area contributed by atoms with Gasteiger partial charge in [-0.05, 0) is 35.7 Å². The third kappa shape index (κ3) is 7.14. The van der Waals surface area contributed by atoms with Gasteiger partial charge in [-0.25, -0.2) is 0 Å². The summed E-state index contributed by atoms with van der Waals surface area (Å²) in [4.78, 5) is 4.67. The Morgan fingerprint density at radius 2 is 1.65 bits per heavy atom. The molecule has 0 saturated carbocycles. The number of nitrogens with zero attached hydrogens (tertiary/aromatic N) is 1. The Morgan fingerprint density at radius 1 is 1.04 bits per heavy atom. The Labute approximate surface area is 145 Å². The number of hydrogen-bond donors (Lipinski definition) is 0. The Balaban J connectivity index is 2.68. The molecule has 4 heteroatoms. The lowest BCUT2D eigenvalue weighted by Gasteiger charge is -2.36. The summed E-state index contributed by atoms with van der Waals surface area (Å²) in [5.41, 5.74) is 2.58. The quantitative estimate of drug-likeness (QED) is 0.467. The monoisotopic (exact) mass is 349 g/mol. The molecule has 0 spiro atoms. The fourth-order valence-electron chi connectivity index (χ4n) is 1.94. The summed E-state index contributed by atoms with van der Waals surface area (Å²) in [5.74, 6) is 0. The van der Waals surface area contributed by atoms with E-state index in [9.17, 15) is 0 Å². The van der Waals surface area contributed by atoms with Crippen LogP contribution in [0.2, 0.25) is 37.8 Å². The second kappa shape index (κ2) is 7.90. The maximum Gasteiger partial charge on any atom is 0.191 e. The fraction of sp³-hybridized carbons (Fsp3) is 0.632. The van der Waals surface area contributed by atoms with E-state index in [1.54, 1.807) is 0 Å². The number of rotatable bonds is 7. The lowest BCUT2D eigenvalue weighted by molar-refractivity contribution is 0.292. The molecule has 23 heavy (non-hydrogen) atoms. The first kappa shape index (κ1) is 20.3. The Morgan fingerprint density at radius 3 is 2.22 bits per heavy atom. The molecule has 0 aliphatic heterocycles. The summed E-state index contributed by atoms with van der Waals surface area (Å²) < 4.78 is 6.31. The molecule has 0 aliphatic carbocycles. The van der Waals surface area contributed by atoms with E-state index in [4.69, 9.17) is 4.43 Å². The van der Waals surface area contributed by atoms with E-state index < -0.39 is 16.4 Å². The zero-order chi connectivity index (χ0) is 17.7. The summed E-state index contributed by atoms with van der Waals surface area (Å²) in [6, 6.07) is 8.56. The van der Waals surface area contributed by atoms with Gasteiger partial charge in [-0.1, -0.05) is 64.7 Å². The van der Waals surface area contributed by atoms with Gasteiger partial charge in [0.1, 0.15) is 0 Å². The lowest BCUT2D eigenvalue weighted by atomic mass is 10.1. The topological polar surface area (TPSA) is 21.6 Å². The molecule has 1 rings (SSSR count). The van der Waals surface area contributed by atoms with E-state index >= 15 is 0 Å². The smallest absolute Gasteiger partial charge is 0.191 e. The fourth-order valence-corrected chi connectivity index (χ4v) is 3.62. The lowest BCUT2D eigenvalue weighted by Crippen LogP contribution is -2.41. The van der Waals surface area contributed by atoms with Crippen LogP contribution in [0.5, 0.6) is 0 Å². The van der Waals surface area contributed by atoms with Crippen molar-refractivity contribution in [3.05, 3.63) is 35.4 Å². The largest absolute Gasteiger partial charge is 0.416 e. The second-order valence-electron chi connectivity index (χ2n) is 9.09. The maximum absolute atomic E-state index is 6.31. The van der Waals surface area contributed by atoms with E-state index in [0.29, 0.717) is 0 Å². The number of aliphatic imine (C=N–C) groups is 1. The van der Waals surface area contributed by atoms with Crippen molar-refractivity contribution in [1.82, 2.24) is 0 Å². The highest BCUT2D eigenvalue weighted by atomic mass is 28.4. The van der Waals surface area contributed by atoms with Crippen molar-refractivity contribution >= 4 is 22.6 Å². The normalized spacial score (nSPS) is 13.7. The zero-order valence-electron chi connectivity index (χ0n) is 16.4. The molecule has 0 saturated heterocycles. The van der Waals surface area contributed by atoms with Gasteiger partial charge in [0.05, 0.1) is 8.07 Å². The van der Waals surface area contributed by atoms with Crippen molar-refractivity contribution < 1.29 is 4.43 Å². The first-order valence-corrected chi connectivity index (χ1v) is 15.3. The van der Waals surface area contributed by atoms with Crippen LogP contribution in [0.3, 0.4) is 0 Å². The standard InChI is InChI=1S/C19H35NOSi2/c1-19(2,3)23(7,8)21-14-13-17-11-9-10-12-18(17)15-20-16-22(4,5)6/h9-12,15H,13-14,16H2,1-8H3/b20-15+. The number of benzene rings is 1. The summed E-state index contributed by atoms with van der Waals surface area (Å²) in [7, 11) is -2.77.